The molecular weight excluding hydrogens is 200 g/mol. The number of nitriles is 1. The molecule has 0 fully saturated rings. The van der Waals surface area contributed by atoms with E-state index < -0.39 is 0 Å². The Labute approximate surface area is 80.6 Å². The molecule has 0 rings (SSSR count). The van der Waals surface area contributed by atoms with Crippen molar-refractivity contribution >= 4 is 39.9 Å². The summed E-state index contributed by atoms with van der Waals surface area (Å²) in [7, 11) is 0. The second-order valence-electron chi connectivity index (χ2n) is 1.61. The van der Waals surface area contributed by atoms with Crippen molar-refractivity contribution in [3.8, 4) is 6.07 Å². The summed E-state index contributed by atoms with van der Waals surface area (Å²) in [6.07, 6.45) is 0. The van der Waals surface area contributed by atoms with Gasteiger partial charge in [0, 0.05) is 10.8 Å². The van der Waals surface area contributed by atoms with Gasteiger partial charge in [0.15, 0.2) is 0 Å². The third kappa shape index (κ3) is 7.66. The average Bonchev–Trinajstić information content (AvgIpc) is 1.97. The molecule has 0 bridgehead atoms. The van der Waals surface area contributed by atoms with Gasteiger partial charge in [0.2, 0.25) is 0 Å². The summed E-state index contributed by atoms with van der Waals surface area (Å²) in [5, 5.41) is 11.4. The Morgan fingerprint density at radius 1 is 1.82 bits per heavy atom. The lowest BCUT2D eigenvalue weighted by Crippen LogP contribution is -2.18. The van der Waals surface area contributed by atoms with Gasteiger partial charge in [-0.15, -0.1) is 0 Å². The number of thioether (sulfide) groups is 1. The van der Waals surface area contributed by atoms with E-state index in [1.807, 2.05) is 6.07 Å². The first kappa shape index (κ1) is 10.8. The maximum Gasteiger partial charge on any atom is 0.134 e. The van der Waals surface area contributed by atoms with Crippen LogP contribution >= 0.6 is 35.6 Å². The van der Waals surface area contributed by atoms with Gasteiger partial charge in [0.05, 0.1) is 6.07 Å². The molecule has 0 aromatic carbocycles. The Balaban J connectivity index is 3.39. The number of hydrogen-bond acceptors (Lipinski definition) is 3. The van der Waals surface area contributed by atoms with Crippen LogP contribution in [0.1, 0.15) is 0 Å². The zero-order valence-electron chi connectivity index (χ0n) is 5.76. The highest BCUT2D eigenvalue weighted by Gasteiger charge is 1.95. The van der Waals surface area contributed by atoms with Crippen molar-refractivity contribution < 1.29 is 0 Å². The van der Waals surface area contributed by atoms with Crippen LogP contribution in [0.4, 0.5) is 0 Å². The first-order chi connectivity index (χ1) is 5.16. The monoisotopic (exact) mass is 206 g/mol. The molecule has 1 N–H and O–H groups in total. The third-order valence-corrected chi connectivity index (χ3v) is 2.36. The summed E-state index contributed by atoms with van der Waals surface area (Å²) in [6.45, 7) is 3.74. The van der Waals surface area contributed by atoms with Gasteiger partial charge in [-0.05, 0) is 0 Å². The van der Waals surface area contributed by atoms with Gasteiger partial charge in [0.1, 0.15) is 10.9 Å². The molecular formula is C6H7ClN2S2. The fraction of sp³-hybridized carbons (Fsp3) is 0.333. The molecule has 0 heterocycles. The Hall–Kier alpha value is -0.240. The molecule has 11 heavy (non-hydrogen) atoms. The largest absolute Gasteiger partial charge is 0.358 e. The molecule has 0 aliphatic carbocycles. The van der Waals surface area contributed by atoms with Crippen LogP contribution in [-0.4, -0.2) is 16.6 Å². The Bertz CT molecular complexity index is 197. The lowest BCUT2D eigenvalue weighted by Gasteiger charge is -2.01. The molecule has 0 aliphatic rings. The molecule has 0 aliphatic heterocycles. The smallest absolute Gasteiger partial charge is 0.134 e. The minimum Gasteiger partial charge on any atom is -0.358 e. The second kappa shape index (κ2) is 6.47. The fourth-order valence-electron chi connectivity index (χ4n) is 0.307. The molecule has 0 radical (unpaired) electrons. The second-order valence-corrected chi connectivity index (χ2v) is 3.79. The SMILES string of the molecule is C=C(Cl)CSC(=S)NCC#N. The molecule has 0 unspecified atom stereocenters. The van der Waals surface area contributed by atoms with E-state index >= 15 is 0 Å². The predicted molar refractivity (Wildman–Crippen MR) is 53.7 cm³/mol. The van der Waals surface area contributed by atoms with Crippen molar-refractivity contribution in [2.75, 3.05) is 12.3 Å². The van der Waals surface area contributed by atoms with E-state index in [1.165, 1.54) is 11.8 Å². The summed E-state index contributed by atoms with van der Waals surface area (Å²) >= 11 is 11.7. The zero-order valence-corrected chi connectivity index (χ0v) is 8.15. The Morgan fingerprint density at radius 2 is 2.45 bits per heavy atom. The normalized spacial score (nSPS) is 8.36. The molecule has 0 saturated carbocycles. The third-order valence-electron chi connectivity index (χ3n) is 0.672. The quantitative estimate of drug-likeness (QED) is 0.565. The van der Waals surface area contributed by atoms with E-state index in [0.29, 0.717) is 15.1 Å². The zero-order chi connectivity index (χ0) is 8.69. The predicted octanol–water partition coefficient (Wildman–Crippen LogP) is 1.87. The van der Waals surface area contributed by atoms with Gasteiger partial charge < -0.3 is 5.32 Å². The summed E-state index contributed by atoms with van der Waals surface area (Å²) in [5.41, 5.74) is 0. The minimum atomic E-state index is 0.237. The number of halogens is 1. The number of hydrogen-bond donors (Lipinski definition) is 1. The van der Waals surface area contributed by atoms with Gasteiger partial charge in [-0.3, -0.25) is 0 Å². The average molecular weight is 207 g/mol. The van der Waals surface area contributed by atoms with E-state index in [4.69, 9.17) is 29.1 Å². The lowest BCUT2D eigenvalue weighted by molar-refractivity contribution is 1.09. The van der Waals surface area contributed by atoms with Crippen molar-refractivity contribution in [1.82, 2.24) is 5.32 Å². The first-order valence-corrected chi connectivity index (χ1v) is 4.55. The molecule has 60 valence electrons. The van der Waals surface area contributed by atoms with E-state index in [0.717, 1.165) is 0 Å². The Kier molecular flexibility index (Phi) is 6.33. The van der Waals surface area contributed by atoms with Crippen LogP contribution in [-0.2, 0) is 0 Å². The standard InChI is InChI=1S/C6H7ClN2S2/c1-5(7)4-11-6(10)9-3-2-8/h1,3-4H2,(H,9,10). The molecule has 0 amide bonds. The molecule has 2 nitrogen and oxygen atoms in total. The summed E-state index contributed by atoms with van der Waals surface area (Å²) in [6, 6.07) is 1.92. The van der Waals surface area contributed by atoms with Crippen molar-refractivity contribution in [3.05, 3.63) is 11.6 Å². The van der Waals surface area contributed by atoms with Crippen molar-refractivity contribution in [1.29, 1.82) is 5.26 Å². The van der Waals surface area contributed by atoms with Crippen molar-refractivity contribution in [3.63, 3.8) is 0 Å². The van der Waals surface area contributed by atoms with Gasteiger partial charge in [-0.1, -0.05) is 42.2 Å². The number of nitrogens with one attached hydrogen (secondary N) is 1. The molecule has 0 spiro atoms. The van der Waals surface area contributed by atoms with Crippen LogP contribution in [0, 0.1) is 11.3 Å². The van der Waals surface area contributed by atoms with Crippen LogP contribution in [0.5, 0.6) is 0 Å². The van der Waals surface area contributed by atoms with Gasteiger partial charge in [-0.25, -0.2) is 0 Å². The molecule has 5 heteroatoms. The molecule has 0 aromatic rings. The summed E-state index contributed by atoms with van der Waals surface area (Å²) in [4.78, 5) is 0. The highest BCUT2D eigenvalue weighted by molar-refractivity contribution is 8.23. The number of nitrogens with zero attached hydrogens (tertiary/aromatic N) is 1. The minimum absolute atomic E-state index is 0.237. The maximum absolute atomic E-state index is 8.17. The lowest BCUT2D eigenvalue weighted by atomic mass is 10.7. The van der Waals surface area contributed by atoms with Crippen LogP contribution in [0.25, 0.3) is 0 Å². The van der Waals surface area contributed by atoms with Crippen molar-refractivity contribution in [2.45, 2.75) is 0 Å². The topological polar surface area (TPSA) is 35.8 Å². The van der Waals surface area contributed by atoms with E-state index in [9.17, 15) is 0 Å². The van der Waals surface area contributed by atoms with Gasteiger partial charge in [0.25, 0.3) is 0 Å². The van der Waals surface area contributed by atoms with E-state index in [1.54, 1.807) is 0 Å². The highest BCUT2D eigenvalue weighted by atomic mass is 35.5. The molecule has 0 atom stereocenters. The Morgan fingerprint density at radius 3 is 2.91 bits per heavy atom. The van der Waals surface area contributed by atoms with Crippen LogP contribution in [0.3, 0.4) is 0 Å². The summed E-state index contributed by atoms with van der Waals surface area (Å²) < 4.78 is 0.577. The van der Waals surface area contributed by atoms with Crippen LogP contribution in [0.2, 0.25) is 0 Å². The van der Waals surface area contributed by atoms with Gasteiger partial charge in [-0.2, -0.15) is 5.26 Å². The number of thiocarbonyl (C=S) groups is 1. The molecule has 0 aromatic heterocycles. The first-order valence-electron chi connectivity index (χ1n) is 2.77. The van der Waals surface area contributed by atoms with Gasteiger partial charge >= 0.3 is 0 Å². The summed E-state index contributed by atoms with van der Waals surface area (Å²) in [5.74, 6) is 0.582. The maximum atomic E-state index is 8.17. The van der Waals surface area contributed by atoms with E-state index in [-0.39, 0.29) is 6.54 Å². The highest BCUT2D eigenvalue weighted by Crippen LogP contribution is 2.09. The fourth-order valence-corrected chi connectivity index (χ4v) is 1.18. The van der Waals surface area contributed by atoms with Crippen molar-refractivity contribution in [2.24, 2.45) is 0 Å². The number of rotatable bonds is 3. The molecule has 0 saturated heterocycles. The van der Waals surface area contributed by atoms with Crippen LogP contribution < -0.4 is 5.32 Å². The van der Waals surface area contributed by atoms with Crippen LogP contribution in [0.15, 0.2) is 11.6 Å². The van der Waals surface area contributed by atoms with E-state index in [2.05, 4.69) is 11.9 Å².